The highest BCUT2D eigenvalue weighted by Gasteiger charge is 2.60. The maximum atomic E-state index is 15.6. The number of rotatable bonds is 11. The van der Waals surface area contributed by atoms with Gasteiger partial charge in [-0.1, -0.05) is 35.4 Å². The third-order valence-corrected chi connectivity index (χ3v) is 9.85. The Morgan fingerprint density at radius 1 is 1.03 bits per heavy atom. The van der Waals surface area contributed by atoms with E-state index in [0.717, 1.165) is 12.1 Å². The van der Waals surface area contributed by atoms with Gasteiger partial charge in [-0.2, -0.15) is 19.0 Å². The molecule has 300 valence electrons. The number of nitrogens with one attached hydrogen (secondary N) is 3. The number of alkyl halides is 4. The minimum absolute atomic E-state index is 0.0317. The Bertz CT molecular complexity index is 2610. The maximum absolute atomic E-state index is 15.6. The summed E-state index contributed by atoms with van der Waals surface area (Å²) in [4.78, 5) is 31.3. The molecule has 0 aliphatic heterocycles. The molecule has 2 aromatic carbocycles. The van der Waals surface area contributed by atoms with Crippen LogP contribution in [0.4, 0.5) is 32.2 Å². The van der Waals surface area contributed by atoms with Gasteiger partial charge in [-0.3, -0.25) is 19.0 Å². The number of aryl methyl sites for hydroxylation is 1. The first-order chi connectivity index (χ1) is 27.4. The second kappa shape index (κ2) is 15.1. The molecule has 2 aliphatic rings. The molecule has 3 atom stereocenters. The predicted molar refractivity (Wildman–Crippen MR) is 201 cm³/mol. The van der Waals surface area contributed by atoms with Crippen molar-refractivity contribution in [2.75, 3.05) is 18.9 Å². The zero-order valence-electron chi connectivity index (χ0n) is 31.1. The SMILES string of the molecule is CNCC(=O)Nc1nn(C)c2c(-c3ccc(C#CC(C)(C)O)nc3C(Cc3cc(F)cc(F)c3)NC(=O)Cn3nc(C(F)F)c4c3C(F)(F)[C@@H]3C#C[C@H]43)ccc(Cl)c12. The summed E-state index contributed by atoms with van der Waals surface area (Å²) < 4.78 is 90.5. The van der Waals surface area contributed by atoms with E-state index in [0.29, 0.717) is 32.8 Å². The van der Waals surface area contributed by atoms with Gasteiger partial charge >= 0.3 is 5.92 Å². The predicted octanol–water partition coefficient (Wildman–Crippen LogP) is 5.90. The van der Waals surface area contributed by atoms with Crippen LogP contribution in [0.15, 0.2) is 42.5 Å². The van der Waals surface area contributed by atoms with Crippen molar-refractivity contribution in [2.24, 2.45) is 13.0 Å². The van der Waals surface area contributed by atoms with Crippen molar-refractivity contribution in [1.29, 1.82) is 0 Å². The number of likely N-dealkylation sites (N-methyl/N-ethyl adjacent to an activating group) is 1. The first-order valence-electron chi connectivity index (χ1n) is 17.7. The van der Waals surface area contributed by atoms with E-state index >= 15 is 8.78 Å². The van der Waals surface area contributed by atoms with Gasteiger partial charge in [0.2, 0.25) is 11.8 Å². The van der Waals surface area contributed by atoms with Crippen molar-refractivity contribution >= 4 is 40.1 Å². The Morgan fingerprint density at radius 2 is 1.74 bits per heavy atom. The Hall–Kier alpha value is -5.88. The minimum Gasteiger partial charge on any atom is -0.378 e. The van der Waals surface area contributed by atoms with Gasteiger partial charge in [0, 0.05) is 29.8 Å². The van der Waals surface area contributed by atoms with Gasteiger partial charge in [0.1, 0.15) is 46.8 Å². The summed E-state index contributed by atoms with van der Waals surface area (Å²) in [6.07, 6.45) is -3.56. The average Bonchev–Trinajstić information content (AvgIpc) is 3.68. The average molecular weight is 823 g/mol. The molecule has 1 unspecified atom stereocenters. The van der Waals surface area contributed by atoms with Gasteiger partial charge in [-0.15, -0.1) is 0 Å². The number of aliphatic hydroxyl groups is 1. The number of hydrogen-bond donors (Lipinski definition) is 4. The number of carbonyl (C=O) groups excluding carboxylic acids is 2. The molecule has 58 heavy (non-hydrogen) atoms. The number of anilines is 1. The molecule has 3 aromatic heterocycles. The summed E-state index contributed by atoms with van der Waals surface area (Å²) in [6.45, 7) is 1.91. The van der Waals surface area contributed by atoms with Crippen LogP contribution in [0.25, 0.3) is 22.0 Å². The number of fused-ring (bicyclic) bond motifs is 4. The molecule has 4 N–H and O–H groups in total. The van der Waals surface area contributed by atoms with E-state index in [1.54, 1.807) is 32.3 Å². The molecule has 0 saturated heterocycles. The second-order valence-corrected chi connectivity index (χ2v) is 14.8. The highest BCUT2D eigenvalue weighted by molar-refractivity contribution is 6.37. The van der Waals surface area contributed by atoms with Gasteiger partial charge in [0.15, 0.2) is 5.82 Å². The van der Waals surface area contributed by atoms with Crippen LogP contribution in [0.5, 0.6) is 0 Å². The van der Waals surface area contributed by atoms with Crippen LogP contribution in [0.1, 0.15) is 66.1 Å². The number of hydrogen-bond acceptors (Lipinski definition) is 7. The van der Waals surface area contributed by atoms with Crippen molar-refractivity contribution in [3.63, 3.8) is 0 Å². The summed E-state index contributed by atoms with van der Waals surface area (Å²) in [7, 11) is 3.19. The zero-order valence-corrected chi connectivity index (χ0v) is 31.9. The van der Waals surface area contributed by atoms with E-state index in [-0.39, 0.29) is 40.8 Å². The summed E-state index contributed by atoms with van der Waals surface area (Å²) >= 11 is 6.67. The lowest BCUT2D eigenvalue weighted by Crippen LogP contribution is -2.36. The highest BCUT2D eigenvalue weighted by Crippen LogP contribution is 2.57. The van der Waals surface area contributed by atoms with Crippen LogP contribution in [0.2, 0.25) is 5.02 Å². The molecular formula is C40H33ClF6N8O3. The van der Waals surface area contributed by atoms with E-state index in [4.69, 9.17) is 16.6 Å². The van der Waals surface area contributed by atoms with Gasteiger partial charge in [0.05, 0.1) is 40.1 Å². The number of halogens is 7. The van der Waals surface area contributed by atoms with E-state index in [1.165, 1.54) is 24.6 Å². The maximum Gasteiger partial charge on any atom is 0.304 e. The third-order valence-electron chi connectivity index (χ3n) is 9.53. The van der Waals surface area contributed by atoms with E-state index in [2.05, 4.69) is 49.8 Å². The lowest BCUT2D eigenvalue weighted by Gasteiger charge is -2.24. The fourth-order valence-corrected chi connectivity index (χ4v) is 7.44. The largest absolute Gasteiger partial charge is 0.378 e. The molecule has 2 amide bonds. The number of pyridine rings is 1. The monoisotopic (exact) mass is 822 g/mol. The summed E-state index contributed by atoms with van der Waals surface area (Å²) in [6, 6.07) is 7.73. The normalized spacial score (nSPS) is 16.8. The van der Waals surface area contributed by atoms with E-state index in [9.17, 15) is 32.3 Å². The molecule has 18 heteroatoms. The van der Waals surface area contributed by atoms with Crippen LogP contribution in [-0.4, -0.2) is 60.7 Å². The molecule has 0 bridgehead atoms. The molecule has 0 spiro atoms. The smallest absolute Gasteiger partial charge is 0.304 e. The Labute approximate surface area is 332 Å². The van der Waals surface area contributed by atoms with Gasteiger partial charge in [-0.05, 0) is 69.1 Å². The molecule has 7 rings (SSSR count). The fourth-order valence-electron chi connectivity index (χ4n) is 7.20. The Kier molecular flexibility index (Phi) is 10.5. The molecule has 2 aliphatic carbocycles. The number of benzene rings is 2. The van der Waals surface area contributed by atoms with Crippen molar-refractivity contribution in [2.45, 2.75) is 56.7 Å². The number of amides is 2. The lowest BCUT2D eigenvalue weighted by atomic mass is 9.84. The summed E-state index contributed by atoms with van der Waals surface area (Å²) in [5.74, 6) is 0.778. The van der Waals surface area contributed by atoms with Gasteiger partial charge in [-0.25, -0.2) is 22.5 Å². The number of carbonyl (C=O) groups is 2. The van der Waals surface area contributed by atoms with Crippen LogP contribution >= 0.6 is 11.6 Å². The summed E-state index contributed by atoms with van der Waals surface area (Å²) in [5.41, 5.74) is -2.27. The standard InChI is InChI=1S/C40H33ClF6N8O3/c1-39(2,58)12-11-22-5-6-23(24-8-10-27(41)32-35(24)54(4)53-38(32)51-29(56)17-48-3)33(49-22)28(15-19-13-20(42)16-21(43)14-19)50-30(57)18-55-36-31(34(52-55)37(44)45)25-7-9-26(25)40(36,46)47/h5-6,8,10,13-14,16,25-26,28,37,48,58H,15,17-18H2,1-4H3,(H,50,57)(H,51,53,56)/t25-,26+,28?/m0/s1. The fraction of sp³-hybridized carbons (Fsp3) is 0.325. The third kappa shape index (κ3) is 7.60. The molecule has 3 heterocycles. The van der Waals surface area contributed by atoms with Crippen LogP contribution < -0.4 is 16.0 Å². The first kappa shape index (κ1) is 40.3. The number of nitrogens with zero attached hydrogens (tertiary/aromatic N) is 5. The van der Waals surface area contributed by atoms with Crippen LogP contribution in [-0.2, 0) is 35.5 Å². The van der Waals surface area contributed by atoms with Gasteiger partial charge < -0.3 is 21.1 Å². The molecular weight excluding hydrogens is 790 g/mol. The number of aromatic nitrogens is 5. The quantitative estimate of drug-likeness (QED) is 0.0962. The second-order valence-electron chi connectivity index (χ2n) is 14.4. The van der Waals surface area contributed by atoms with Gasteiger partial charge in [0.25, 0.3) is 6.43 Å². The molecule has 5 aromatic rings. The van der Waals surface area contributed by atoms with Crippen molar-refractivity contribution in [1.82, 2.24) is 35.2 Å². The topological polar surface area (TPSA) is 139 Å². The Balaban J connectivity index is 1.38. The van der Waals surface area contributed by atoms with Crippen LogP contribution in [0, 0.1) is 41.2 Å². The molecule has 11 nitrogen and oxygen atoms in total. The molecule has 0 fully saturated rings. The van der Waals surface area contributed by atoms with Crippen molar-refractivity contribution < 1.29 is 41.0 Å². The Morgan fingerprint density at radius 3 is 2.38 bits per heavy atom. The van der Waals surface area contributed by atoms with Crippen molar-refractivity contribution in [3.8, 4) is 34.8 Å². The highest BCUT2D eigenvalue weighted by atomic mass is 35.5. The molecule has 0 saturated carbocycles. The zero-order chi connectivity index (χ0) is 41.8. The lowest BCUT2D eigenvalue weighted by molar-refractivity contribution is -0.123. The van der Waals surface area contributed by atoms with Crippen molar-refractivity contribution in [3.05, 3.63) is 93.0 Å². The van der Waals surface area contributed by atoms with E-state index < -0.39 is 82.8 Å². The minimum atomic E-state index is -3.68. The first-order valence-corrected chi connectivity index (χ1v) is 18.1. The molecule has 0 radical (unpaired) electrons. The van der Waals surface area contributed by atoms with Crippen LogP contribution in [0.3, 0.4) is 0 Å². The summed E-state index contributed by atoms with van der Waals surface area (Å²) in [5, 5.41) is 27.3. The van der Waals surface area contributed by atoms with E-state index in [1.807, 2.05) is 0 Å².